The first-order valence-electron chi connectivity index (χ1n) is 6.89. The average Bonchev–Trinajstić information content (AvgIpc) is 2.80. The Morgan fingerprint density at radius 2 is 2.32 bits per heavy atom. The van der Waals surface area contributed by atoms with Gasteiger partial charge in [-0.3, -0.25) is 4.79 Å². The zero-order valence-corrected chi connectivity index (χ0v) is 12.4. The Bertz CT molecular complexity index is 456. The molecule has 2 rings (SSSR count). The second-order valence-electron chi connectivity index (χ2n) is 5.54. The molecule has 0 saturated carbocycles. The van der Waals surface area contributed by atoms with E-state index < -0.39 is 0 Å². The number of hydrogen-bond acceptors (Lipinski definition) is 2. The van der Waals surface area contributed by atoms with Gasteiger partial charge in [0.05, 0.1) is 5.02 Å². The van der Waals surface area contributed by atoms with Gasteiger partial charge in [0.2, 0.25) is 0 Å². The molecule has 1 fully saturated rings. The number of halogens is 1. The first-order valence-corrected chi connectivity index (χ1v) is 7.27. The second-order valence-corrected chi connectivity index (χ2v) is 5.98. The summed E-state index contributed by atoms with van der Waals surface area (Å²) in [6.45, 7) is 6.32. The van der Waals surface area contributed by atoms with Gasteiger partial charge in [-0.25, -0.2) is 0 Å². The molecule has 0 bridgehead atoms. The highest BCUT2D eigenvalue weighted by Crippen LogP contribution is 2.23. The van der Waals surface area contributed by atoms with E-state index in [2.05, 4.69) is 0 Å². The highest BCUT2D eigenvalue weighted by atomic mass is 35.5. The Balaban J connectivity index is 2.19. The standard InChI is InChI=1S/C14H22ClN3O/c1-10(2)18-9-12(15)6-13(18)14(19)17-5-3-4-11(7-16)8-17/h6,9-11H,3-5,7-8,16H2,1-2H3. The van der Waals surface area contributed by atoms with E-state index in [1.165, 1.54) is 0 Å². The van der Waals surface area contributed by atoms with E-state index in [1.807, 2.05) is 29.5 Å². The third-order valence-electron chi connectivity index (χ3n) is 3.73. The summed E-state index contributed by atoms with van der Waals surface area (Å²) in [5.74, 6) is 0.495. The molecule has 0 spiro atoms. The molecule has 0 radical (unpaired) electrons. The number of piperidine rings is 1. The molecule has 1 amide bonds. The number of rotatable bonds is 3. The molecule has 4 nitrogen and oxygen atoms in total. The summed E-state index contributed by atoms with van der Waals surface area (Å²) in [6.07, 6.45) is 3.97. The van der Waals surface area contributed by atoms with Crippen LogP contribution in [0.4, 0.5) is 0 Å². The number of nitrogens with zero attached hydrogens (tertiary/aromatic N) is 2. The molecule has 106 valence electrons. The number of carbonyl (C=O) groups is 1. The topological polar surface area (TPSA) is 51.3 Å². The number of carbonyl (C=O) groups excluding carboxylic acids is 1. The van der Waals surface area contributed by atoms with Crippen molar-refractivity contribution in [3.8, 4) is 0 Å². The van der Waals surface area contributed by atoms with Crippen LogP contribution >= 0.6 is 11.6 Å². The second kappa shape index (κ2) is 5.97. The van der Waals surface area contributed by atoms with Crippen LogP contribution in [0.3, 0.4) is 0 Å². The lowest BCUT2D eigenvalue weighted by atomic mass is 9.98. The minimum Gasteiger partial charge on any atom is -0.339 e. The predicted octanol–water partition coefficient (Wildman–Crippen LogP) is 2.53. The van der Waals surface area contributed by atoms with Gasteiger partial charge < -0.3 is 15.2 Å². The number of likely N-dealkylation sites (tertiary alicyclic amines) is 1. The molecular formula is C14H22ClN3O. The van der Waals surface area contributed by atoms with Crippen molar-refractivity contribution in [2.75, 3.05) is 19.6 Å². The molecule has 0 aliphatic carbocycles. The lowest BCUT2D eigenvalue weighted by Gasteiger charge is -2.32. The summed E-state index contributed by atoms with van der Waals surface area (Å²) < 4.78 is 1.94. The van der Waals surface area contributed by atoms with E-state index in [0.29, 0.717) is 23.2 Å². The van der Waals surface area contributed by atoms with E-state index in [4.69, 9.17) is 17.3 Å². The van der Waals surface area contributed by atoms with Crippen LogP contribution in [-0.2, 0) is 0 Å². The van der Waals surface area contributed by atoms with Crippen molar-refractivity contribution in [3.05, 3.63) is 23.0 Å². The molecule has 1 aliphatic heterocycles. The lowest BCUT2D eigenvalue weighted by molar-refractivity contribution is 0.0665. The Morgan fingerprint density at radius 1 is 1.58 bits per heavy atom. The van der Waals surface area contributed by atoms with Crippen LogP contribution in [0.5, 0.6) is 0 Å². The van der Waals surface area contributed by atoms with Crippen LogP contribution in [0.1, 0.15) is 43.2 Å². The summed E-state index contributed by atoms with van der Waals surface area (Å²) >= 11 is 6.04. The Hall–Kier alpha value is -1.00. The summed E-state index contributed by atoms with van der Waals surface area (Å²) in [5, 5.41) is 0.615. The number of amides is 1. The monoisotopic (exact) mass is 283 g/mol. The van der Waals surface area contributed by atoms with E-state index in [9.17, 15) is 4.79 Å². The predicted molar refractivity (Wildman–Crippen MR) is 77.5 cm³/mol. The maximum atomic E-state index is 12.6. The molecule has 1 saturated heterocycles. The maximum Gasteiger partial charge on any atom is 0.270 e. The van der Waals surface area contributed by atoms with E-state index in [0.717, 1.165) is 25.9 Å². The quantitative estimate of drug-likeness (QED) is 0.927. The molecule has 19 heavy (non-hydrogen) atoms. The molecule has 1 aromatic heterocycles. The van der Waals surface area contributed by atoms with Crippen molar-refractivity contribution >= 4 is 17.5 Å². The SMILES string of the molecule is CC(C)n1cc(Cl)cc1C(=O)N1CCCC(CN)C1. The first-order chi connectivity index (χ1) is 9.02. The van der Waals surface area contributed by atoms with Gasteiger partial charge in [-0.1, -0.05) is 11.6 Å². The highest BCUT2D eigenvalue weighted by molar-refractivity contribution is 6.31. The van der Waals surface area contributed by atoms with Crippen molar-refractivity contribution in [1.82, 2.24) is 9.47 Å². The van der Waals surface area contributed by atoms with Crippen molar-refractivity contribution in [1.29, 1.82) is 0 Å². The molecule has 1 aliphatic rings. The molecule has 0 aromatic carbocycles. The van der Waals surface area contributed by atoms with E-state index >= 15 is 0 Å². The molecular weight excluding hydrogens is 262 g/mol. The molecule has 5 heteroatoms. The Morgan fingerprint density at radius 3 is 2.95 bits per heavy atom. The van der Waals surface area contributed by atoms with Gasteiger partial charge in [-0.05, 0) is 45.2 Å². The van der Waals surface area contributed by atoms with E-state index in [-0.39, 0.29) is 11.9 Å². The van der Waals surface area contributed by atoms with Gasteiger partial charge in [0.1, 0.15) is 5.69 Å². The lowest BCUT2D eigenvalue weighted by Crippen LogP contribution is -2.42. The summed E-state index contributed by atoms with van der Waals surface area (Å²) in [6, 6.07) is 1.98. The molecule has 1 aromatic rings. The van der Waals surface area contributed by atoms with Crippen LogP contribution in [-0.4, -0.2) is 35.0 Å². The Kier molecular flexibility index (Phi) is 4.53. The van der Waals surface area contributed by atoms with Gasteiger partial charge >= 0.3 is 0 Å². The maximum absolute atomic E-state index is 12.6. The normalized spacial score (nSPS) is 20.1. The van der Waals surface area contributed by atoms with Crippen LogP contribution in [0, 0.1) is 5.92 Å². The third-order valence-corrected chi connectivity index (χ3v) is 3.94. The Labute approximate surface area is 119 Å². The van der Waals surface area contributed by atoms with Crippen LogP contribution in [0.2, 0.25) is 5.02 Å². The zero-order chi connectivity index (χ0) is 14.0. The minimum atomic E-state index is 0.0683. The molecule has 2 heterocycles. The average molecular weight is 284 g/mol. The fraction of sp³-hybridized carbons (Fsp3) is 0.643. The molecule has 1 unspecified atom stereocenters. The van der Waals surface area contributed by atoms with Crippen molar-refractivity contribution in [2.24, 2.45) is 11.7 Å². The fourth-order valence-electron chi connectivity index (χ4n) is 2.65. The molecule has 1 atom stereocenters. The highest BCUT2D eigenvalue weighted by Gasteiger charge is 2.26. The number of aromatic nitrogens is 1. The largest absolute Gasteiger partial charge is 0.339 e. The van der Waals surface area contributed by atoms with Gasteiger partial charge in [0.15, 0.2) is 0 Å². The van der Waals surface area contributed by atoms with Crippen LogP contribution in [0.15, 0.2) is 12.3 Å². The minimum absolute atomic E-state index is 0.0683. The fourth-order valence-corrected chi connectivity index (χ4v) is 2.86. The van der Waals surface area contributed by atoms with Crippen molar-refractivity contribution in [2.45, 2.75) is 32.7 Å². The van der Waals surface area contributed by atoms with Gasteiger partial charge in [0.25, 0.3) is 5.91 Å². The number of nitrogens with two attached hydrogens (primary N) is 1. The smallest absolute Gasteiger partial charge is 0.270 e. The van der Waals surface area contributed by atoms with Crippen molar-refractivity contribution < 1.29 is 4.79 Å². The summed E-state index contributed by atoms with van der Waals surface area (Å²) in [4.78, 5) is 14.5. The zero-order valence-electron chi connectivity index (χ0n) is 11.6. The van der Waals surface area contributed by atoms with Gasteiger partial charge in [-0.15, -0.1) is 0 Å². The first kappa shape index (κ1) is 14.4. The summed E-state index contributed by atoms with van der Waals surface area (Å²) in [7, 11) is 0. The van der Waals surface area contributed by atoms with Crippen molar-refractivity contribution in [3.63, 3.8) is 0 Å². The molecule has 2 N–H and O–H groups in total. The van der Waals surface area contributed by atoms with Crippen LogP contribution in [0.25, 0.3) is 0 Å². The summed E-state index contributed by atoms with van der Waals surface area (Å²) in [5.41, 5.74) is 6.40. The van der Waals surface area contributed by atoms with Gasteiger partial charge in [0, 0.05) is 25.3 Å². The van der Waals surface area contributed by atoms with E-state index in [1.54, 1.807) is 6.07 Å². The van der Waals surface area contributed by atoms with Crippen LogP contribution < -0.4 is 5.73 Å². The van der Waals surface area contributed by atoms with Gasteiger partial charge in [-0.2, -0.15) is 0 Å². The number of hydrogen-bond donors (Lipinski definition) is 1. The third kappa shape index (κ3) is 3.12.